The predicted octanol–water partition coefficient (Wildman–Crippen LogP) is 3.30. The van der Waals surface area contributed by atoms with E-state index in [1.165, 1.54) is 4.90 Å². The van der Waals surface area contributed by atoms with E-state index in [1.54, 1.807) is 0 Å². The third-order valence-corrected chi connectivity index (χ3v) is 4.14. The van der Waals surface area contributed by atoms with E-state index in [0.717, 1.165) is 11.1 Å². The molecular weight excluding hydrogens is 347 g/mol. The lowest BCUT2D eigenvalue weighted by atomic mass is 9.96. The van der Waals surface area contributed by atoms with Crippen molar-refractivity contribution in [2.75, 3.05) is 26.2 Å². The number of benzene rings is 1. The number of carboxylic acids is 1. The molecule has 0 radical (unpaired) electrons. The Labute approximate surface area is 145 Å². The van der Waals surface area contributed by atoms with Gasteiger partial charge in [-0.3, -0.25) is 9.69 Å². The zero-order valence-electron chi connectivity index (χ0n) is 13.5. The van der Waals surface area contributed by atoms with Crippen molar-refractivity contribution >= 4 is 18.4 Å². The SMILES string of the molecule is Cc1ccc(C)c(OCCN2C[C@@H](C(F)(F)F)[C@H](C(=O)O)C2)c1.Cl. The fraction of sp³-hybridized carbons (Fsp3) is 0.562. The van der Waals surface area contributed by atoms with E-state index in [0.29, 0.717) is 5.75 Å². The van der Waals surface area contributed by atoms with Crippen LogP contribution in [0.15, 0.2) is 18.2 Å². The van der Waals surface area contributed by atoms with E-state index >= 15 is 0 Å². The molecule has 1 aromatic rings. The molecule has 0 unspecified atom stereocenters. The summed E-state index contributed by atoms with van der Waals surface area (Å²) in [4.78, 5) is 12.5. The first-order chi connectivity index (χ1) is 10.7. The highest BCUT2D eigenvalue weighted by Gasteiger charge is 2.52. The summed E-state index contributed by atoms with van der Waals surface area (Å²) < 4.78 is 44.3. The number of likely N-dealkylation sites (tertiary alicyclic amines) is 1. The number of hydrogen-bond acceptors (Lipinski definition) is 3. The fourth-order valence-electron chi connectivity index (χ4n) is 2.80. The van der Waals surface area contributed by atoms with Gasteiger partial charge in [0.25, 0.3) is 0 Å². The van der Waals surface area contributed by atoms with Gasteiger partial charge in [-0.15, -0.1) is 12.4 Å². The minimum Gasteiger partial charge on any atom is -0.492 e. The highest BCUT2D eigenvalue weighted by atomic mass is 35.5. The molecule has 8 heteroatoms. The molecule has 1 heterocycles. The molecule has 0 aliphatic carbocycles. The van der Waals surface area contributed by atoms with Crippen LogP contribution < -0.4 is 4.74 Å². The maximum absolute atomic E-state index is 12.9. The summed E-state index contributed by atoms with van der Waals surface area (Å²) >= 11 is 0. The van der Waals surface area contributed by atoms with Crippen molar-refractivity contribution in [1.29, 1.82) is 0 Å². The molecule has 1 aliphatic heterocycles. The van der Waals surface area contributed by atoms with Crippen LogP contribution in [-0.4, -0.2) is 48.4 Å². The third-order valence-electron chi connectivity index (χ3n) is 4.14. The number of nitrogens with zero attached hydrogens (tertiary/aromatic N) is 1. The molecule has 24 heavy (non-hydrogen) atoms. The molecule has 1 N–H and O–H groups in total. The molecule has 0 saturated carbocycles. The molecule has 1 aromatic carbocycles. The van der Waals surface area contributed by atoms with Gasteiger partial charge in [0.1, 0.15) is 12.4 Å². The van der Waals surface area contributed by atoms with Crippen LogP contribution in [0.1, 0.15) is 11.1 Å². The summed E-state index contributed by atoms with van der Waals surface area (Å²) in [5, 5.41) is 8.98. The molecule has 0 amide bonds. The fourth-order valence-corrected chi connectivity index (χ4v) is 2.80. The minimum absolute atomic E-state index is 0. The Morgan fingerprint density at radius 1 is 1.33 bits per heavy atom. The van der Waals surface area contributed by atoms with Gasteiger partial charge >= 0.3 is 12.1 Å². The molecule has 2 rings (SSSR count). The molecule has 136 valence electrons. The highest BCUT2D eigenvalue weighted by molar-refractivity contribution is 5.85. The zero-order valence-corrected chi connectivity index (χ0v) is 14.3. The number of aryl methyl sites for hydroxylation is 2. The van der Waals surface area contributed by atoms with E-state index in [9.17, 15) is 18.0 Å². The van der Waals surface area contributed by atoms with Crippen molar-refractivity contribution < 1.29 is 27.8 Å². The van der Waals surface area contributed by atoms with Gasteiger partial charge in [-0.05, 0) is 31.0 Å². The maximum atomic E-state index is 12.9. The normalized spacial score (nSPS) is 21.4. The topological polar surface area (TPSA) is 49.8 Å². The van der Waals surface area contributed by atoms with Gasteiger partial charge in [-0.25, -0.2) is 0 Å². The predicted molar refractivity (Wildman–Crippen MR) is 85.8 cm³/mol. The Balaban J connectivity index is 0.00000288. The van der Waals surface area contributed by atoms with Crippen LogP contribution in [0.5, 0.6) is 5.75 Å². The number of carbonyl (C=O) groups is 1. The van der Waals surface area contributed by atoms with Crippen molar-refractivity contribution in [2.24, 2.45) is 11.8 Å². The van der Waals surface area contributed by atoms with Crippen molar-refractivity contribution in [3.8, 4) is 5.75 Å². The Bertz CT molecular complexity index is 580. The minimum atomic E-state index is -4.49. The molecule has 0 spiro atoms. The Morgan fingerprint density at radius 3 is 2.54 bits per heavy atom. The number of ether oxygens (including phenoxy) is 1. The third kappa shape index (κ3) is 5.01. The quantitative estimate of drug-likeness (QED) is 0.867. The highest BCUT2D eigenvalue weighted by Crippen LogP contribution is 2.37. The largest absolute Gasteiger partial charge is 0.492 e. The van der Waals surface area contributed by atoms with Crippen LogP contribution in [0.4, 0.5) is 13.2 Å². The van der Waals surface area contributed by atoms with Crippen molar-refractivity contribution in [3.63, 3.8) is 0 Å². The van der Waals surface area contributed by atoms with Gasteiger partial charge in [0.05, 0.1) is 11.8 Å². The average Bonchev–Trinajstić information content (AvgIpc) is 2.87. The zero-order chi connectivity index (χ0) is 17.2. The Kier molecular flexibility index (Phi) is 6.92. The summed E-state index contributed by atoms with van der Waals surface area (Å²) in [5.74, 6) is -3.92. The second-order valence-electron chi connectivity index (χ2n) is 5.97. The van der Waals surface area contributed by atoms with Gasteiger partial charge in [0, 0.05) is 19.6 Å². The second-order valence-corrected chi connectivity index (χ2v) is 5.97. The maximum Gasteiger partial charge on any atom is 0.393 e. The van der Waals surface area contributed by atoms with Gasteiger partial charge in [0.15, 0.2) is 0 Å². The van der Waals surface area contributed by atoms with E-state index in [4.69, 9.17) is 9.84 Å². The van der Waals surface area contributed by atoms with Gasteiger partial charge in [-0.2, -0.15) is 13.2 Å². The van der Waals surface area contributed by atoms with Crippen molar-refractivity contribution in [3.05, 3.63) is 29.3 Å². The molecule has 0 bridgehead atoms. The number of hydrogen-bond donors (Lipinski definition) is 1. The van der Waals surface area contributed by atoms with Crippen LogP contribution in [0.2, 0.25) is 0 Å². The lowest BCUT2D eigenvalue weighted by molar-refractivity contribution is -0.188. The summed E-state index contributed by atoms with van der Waals surface area (Å²) in [7, 11) is 0. The molecular formula is C16H21ClF3NO3. The lowest BCUT2D eigenvalue weighted by Gasteiger charge is -2.18. The molecule has 4 nitrogen and oxygen atoms in total. The summed E-state index contributed by atoms with van der Waals surface area (Å²) in [5.41, 5.74) is 1.99. The summed E-state index contributed by atoms with van der Waals surface area (Å²) in [6.45, 7) is 3.92. The standard InChI is InChI=1S/C16H20F3NO3.ClH/c1-10-3-4-11(2)14(7-10)23-6-5-20-8-12(15(21)22)13(9-20)16(17,18)19;/h3-4,7,12-13H,5-6,8-9H2,1-2H3,(H,21,22);1H/t12-,13-;/m1./s1. The number of carboxylic acid groups (broad SMARTS) is 1. The molecule has 1 aliphatic rings. The first-order valence-electron chi connectivity index (χ1n) is 7.40. The van der Waals surface area contributed by atoms with Crippen LogP contribution in [0.25, 0.3) is 0 Å². The van der Waals surface area contributed by atoms with E-state index in [1.807, 2.05) is 32.0 Å². The van der Waals surface area contributed by atoms with Gasteiger partial charge in [0.2, 0.25) is 0 Å². The number of rotatable bonds is 5. The van der Waals surface area contributed by atoms with Gasteiger partial charge in [-0.1, -0.05) is 12.1 Å². The molecule has 2 atom stereocenters. The first-order valence-corrected chi connectivity index (χ1v) is 7.40. The monoisotopic (exact) mass is 367 g/mol. The number of halogens is 4. The lowest BCUT2D eigenvalue weighted by Crippen LogP contribution is -2.33. The van der Waals surface area contributed by atoms with Crippen LogP contribution in [-0.2, 0) is 4.79 Å². The number of aliphatic carboxylic acids is 1. The van der Waals surface area contributed by atoms with Crippen LogP contribution >= 0.6 is 12.4 Å². The molecule has 1 fully saturated rings. The van der Waals surface area contributed by atoms with Gasteiger partial charge < -0.3 is 9.84 Å². The smallest absolute Gasteiger partial charge is 0.393 e. The molecule has 1 saturated heterocycles. The van der Waals surface area contributed by atoms with Crippen LogP contribution in [0, 0.1) is 25.7 Å². The Hall–Kier alpha value is -1.47. The summed E-state index contributed by atoms with van der Waals surface area (Å²) in [6, 6.07) is 5.74. The second kappa shape index (κ2) is 8.07. The summed E-state index contributed by atoms with van der Waals surface area (Å²) in [6.07, 6.45) is -4.49. The van der Waals surface area contributed by atoms with E-state index < -0.39 is 24.0 Å². The van der Waals surface area contributed by atoms with Crippen LogP contribution in [0.3, 0.4) is 0 Å². The Morgan fingerprint density at radius 2 is 2.00 bits per heavy atom. The molecule has 0 aromatic heterocycles. The first kappa shape index (κ1) is 20.6. The van der Waals surface area contributed by atoms with Crippen molar-refractivity contribution in [2.45, 2.75) is 20.0 Å². The van der Waals surface area contributed by atoms with E-state index in [2.05, 4.69) is 0 Å². The average molecular weight is 368 g/mol. The number of alkyl halides is 3. The van der Waals surface area contributed by atoms with E-state index in [-0.39, 0.29) is 38.6 Å². The van der Waals surface area contributed by atoms with Crippen molar-refractivity contribution in [1.82, 2.24) is 4.90 Å².